The van der Waals surface area contributed by atoms with Crippen molar-refractivity contribution in [1.82, 2.24) is 4.57 Å². The molecule has 3 heterocycles. The van der Waals surface area contributed by atoms with E-state index in [2.05, 4.69) is 102 Å². The van der Waals surface area contributed by atoms with E-state index in [9.17, 15) is 4.79 Å². The lowest BCUT2D eigenvalue weighted by Crippen LogP contribution is -2.12. The van der Waals surface area contributed by atoms with Crippen LogP contribution in [-0.4, -0.2) is 4.57 Å². The number of fused-ring (bicyclic) bond motifs is 11. The molecule has 2 nitrogen and oxygen atoms in total. The molecule has 0 saturated heterocycles. The van der Waals surface area contributed by atoms with Crippen molar-refractivity contribution in [2.24, 2.45) is 0 Å². The molecule has 0 saturated carbocycles. The maximum absolute atomic E-state index is 13.5. The van der Waals surface area contributed by atoms with E-state index in [-0.39, 0.29) is 5.43 Å². The van der Waals surface area contributed by atoms with Gasteiger partial charge in [0.25, 0.3) is 0 Å². The second-order valence-corrected chi connectivity index (χ2v) is 13.8. The van der Waals surface area contributed by atoms with Crippen molar-refractivity contribution < 1.29 is 0 Å². The van der Waals surface area contributed by atoms with E-state index < -0.39 is 0 Å². The van der Waals surface area contributed by atoms with Gasteiger partial charge in [-0.1, -0.05) is 60.7 Å². The van der Waals surface area contributed by atoms with Crippen LogP contribution in [0.1, 0.15) is 22.3 Å². The summed E-state index contributed by atoms with van der Waals surface area (Å²) < 4.78 is 7.27. The summed E-state index contributed by atoms with van der Waals surface area (Å²) in [7, 11) is 0. The van der Waals surface area contributed by atoms with Gasteiger partial charge >= 0.3 is 0 Å². The first-order valence-electron chi connectivity index (χ1n) is 14.6. The Balaban J connectivity index is 1.24. The molecule has 0 spiro atoms. The summed E-state index contributed by atoms with van der Waals surface area (Å²) in [5.74, 6) is 0. The zero-order valence-electron chi connectivity index (χ0n) is 23.1. The first-order chi connectivity index (χ1) is 21.2. The topological polar surface area (TPSA) is 22.0 Å². The van der Waals surface area contributed by atoms with Crippen molar-refractivity contribution in [3.63, 3.8) is 0 Å². The number of hydrogen-bond donors (Lipinski definition) is 0. The Hall–Kier alpha value is -4.77. The molecule has 6 aromatic carbocycles. The van der Waals surface area contributed by atoms with Crippen LogP contribution in [0, 0.1) is 0 Å². The Bertz CT molecular complexity index is 2710. The van der Waals surface area contributed by atoms with E-state index in [1.807, 2.05) is 29.5 Å². The minimum absolute atomic E-state index is 0.139. The number of para-hydroxylation sites is 1. The van der Waals surface area contributed by atoms with Crippen molar-refractivity contribution in [2.75, 3.05) is 0 Å². The molecule has 10 rings (SSSR count). The van der Waals surface area contributed by atoms with E-state index in [0.717, 1.165) is 33.0 Å². The first kappa shape index (κ1) is 23.8. The summed E-state index contributed by atoms with van der Waals surface area (Å²) >= 11 is 3.60. The van der Waals surface area contributed by atoms with Crippen molar-refractivity contribution >= 4 is 84.8 Å². The lowest BCUT2D eigenvalue weighted by molar-refractivity contribution is 0.979. The van der Waals surface area contributed by atoms with Gasteiger partial charge in [0.2, 0.25) is 0 Å². The number of hydrogen-bond acceptors (Lipinski definition) is 3. The second kappa shape index (κ2) is 8.63. The van der Waals surface area contributed by atoms with Gasteiger partial charge in [-0.3, -0.25) is 4.79 Å². The Morgan fingerprint density at radius 1 is 0.488 bits per heavy atom. The largest absolute Gasteiger partial charge is 0.309 e. The molecule has 9 aromatic rings. The van der Waals surface area contributed by atoms with Gasteiger partial charge in [0.1, 0.15) is 0 Å². The lowest BCUT2D eigenvalue weighted by Gasteiger charge is -2.24. The third-order valence-corrected chi connectivity index (χ3v) is 11.6. The number of thiophene rings is 1. The van der Waals surface area contributed by atoms with Crippen LogP contribution >= 0.6 is 22.7 Å². The van der Waals surface area contributed by atoms with Crippen molar-refractivity contribution in [2.45, 2.75) is 12.8 Å². The lowest BCUT2D eigenvalue weighted by atomic mass is 9.84. The highest BCUT2D eigenvalue weighted by Gasteiger charge is 2.24. The Morgan fingerprint density at radius 3 is 2.09 bits per heavy atom. The molecular weight excluding hydrogens is 563 g/mol. The van der Waals surface area contributed by atoms with Gasteiger partial charge in [-0.25, -0.2) is 0 Å². The monoisotopic (exact) mass is 585 g/mol. The zero-order chi connectivity index (χ0) is 28.2. The van der Waals surface area contributed by atoms with Gasteiger partial charge in [0, 0.05) is 63.2 Å². The Morgan fingerprint density at radius 2 is 1.21 bits per heavy atom. The van der Waals surface area contributed by atoms with Crippen LogP contribution in [0.2, 0.25) is 0 Å². The SMILES string of the molecule is O=c1c2ccccc2sc2cc3c(cc12)Cc1c(cccc1-n1c2ccccc2c2c4c(ccc21)sc1ccccc14)C3. The molecule has 4 heteroatoms. The standard InChI is InChI=1S/C39H23NOS2/c41-39-27-11-3-6-15-34(27)43-36-21-23-18-22-8-7-13-31(28(22)19-24(23)20-29(36)39)40-30-12-4-1-9-25(30)37-32(40)16-17-35-38(37)26-10-2-5-14-33(26)42-35/h1-17,20-21H,18-19H2. The van der Waals surface area contributed by atoms with Crippen LogP contribution in [0.15, 0.2) is 120 Å². The number of nitrogens with zero attached hydrogens (tertiary/aromatic N) is 1. The molecule has 0 atom stereocenters. The molecule has 0 amide bonds. The smallest absolute Gasteiger partial charge is 0.195 e. The van der Waals surface area contributed by atoms with Crippen LogP contribution in [-0.2, 0) is 12.8 Å². The predicted molar refractivity (Wildman–Crippen MR) is 185 cm³/mol. The summed E-state index contributed by atoms with van der Waals surface area (Å²) in [4.78, 5) is 13.5. The highest BCUT2D eigenvalue weighted by molar-refractivity contribution is 7.26. The first-order valence-corrected chi connectivity index (χ1v) is 16.3. The molecule has 202 valence electrons. The van der Waals surface area contributed by atoms with Crippen LogP contribution in [0.4, 0.5) is 0 Å². The molecule has 1 aliphatic rings. The minimum Gasteiger partial charge on any atom is -0.309 e. The van der Waals surface area contributed by atoms with E-state index in [1.54, 1.807) is 11.3 Å². The van der Waals surface area contributed by atoms with Crippen LogP contribution in [0.3, 0.4) is 0 Å². The van der Waals surface area contributed by atoms with E-state index in [1.165, 1.54) is 69.9 Å². The van der Waals surface area contributed by atoms with Gasteiger partial charge in [-0.15, -0.1) is 22.7 Å². The van der Waals surface area contributed by atoms with Gasteiger partial charge in [-0.05, 0) is 83.3 Å². The number of rotatable bonds is 1. The minimum atomic E-state index is 0.139. The summed E-state index contributed by atoms with van der Waals surface area (Å²) in [6, 6.07) is 41.5. The van der Waals surface area contributed by atoms with Gasteiger partial charge < -0.3 is 4.57 Å². The van der Waals surface area contributed by atoms with E-state index in [4.69, 9.17) is 0 Å². The highest BCUT2D eigenvalue weighted by Crippen LogP contribution is 2.44. The van der Waals surface area contributed by atoms with Crippen molar-refractivity contribution in [3.05, 3.63) is 148 Å². The molecule has 43 heavy (non-hydrogen) atoms. The molecule has 0 radical (unpaired) electrons. The normalized spacial score (nSPS) is 13.0. The zero-order valence-corrected chi connectivity index (χ0v) is 24.7. The molecule has 1 aliphatic carbocycles. The molecular formula is C39H23NOS2. The Labute approximate surface area is 254 Å². The number of benzene rings is 6. The summed E-state index contributed by atoms with van der Waals surface area (Å²) in [5, 5.41) is 6.95. The molecule has 0 bridgehead atoms. The third kappa shape index (κ3) is 3.25. The maximum Gasteiger partial charge on any atom is 0.195 e. The van der Waals surface area contributed by atoms with Crippen LogP contribution in [0.5, 0.6) is 0 Å². The van der Waals surface area contributed by atoms with E-state index in [0.29, 0.717) is 0 Å². The molecule has 0 unspecified atom stereocenters. The number of aromatic nitrogens is 1. The van der Waals surface area contributed by atoms with Crippen molar-refractivity contribution in [1.29, 1.82) is 0 Å². The van der Waals surface area contributed by atoms with Crippen LogP contribution < -0.4 is 5.43 Å². The second-order valence-electron chi connectivity index (χ2n) is 11.6. The molecule has 0 aliphatic heterocycles. The van der Waals surface area contributed by atoms with Gasteiger partial charge in [0.05, 0.1) is 11.0 Å². The molecule has 3 aromatic heterocycles. The maximum atomic E-state index is 13.5. The molecule has 0 fully saturated rings. The summed E-state index contributed by atoms with van der Waals surface area (Å²) in [6.45, 7) is 0. The van der Waals surface area contributed by atoms with Crippen molar-refractivity contribution in [3.8, 4) is 5.69 Å². The highest BCUT2D eigenvalue weighted by atomic mass is 32.1. The molecule has 0 N–H and O–H groups in total. The fraction of sp³-hybridized carbons (Fsp3) is 0.0513. The van der Waals surface area contributed by atoms with Gasteiger partial charge in [-0.2, -0.15) is 0 Å². The fourth-order valence-corrected chi connectivity index (χ4v) is 9.63. The quantitative estimate of drug-likeness (QED) is 0.176. The predicted octanol–water partition coefficient (Wildman–Crippen LogP) is 10.4. The summed E-state index contributed by atoms with van der Waals surface area (Å²) in [5.41, 5.74) is 9.15. The van der Waals surface area contributed by atoms with Crippen LogP contribution in [0.25, 0.3) is 67.8 Å². The average Bonchev–Trinajstić information content (AvgIpc) is 3.58. The van der Waals surface area contributed by atoms with Gasteiger partial charge in [0.15, 0.2) is 5.43 Å². The fourth-order valence-electron chi connectivity index (χ4n) is 7.39. The summed E-state index contributed by atoms with van der Waals surface area (Å²) in [6.07, 6.45) is 1.68. The third-order valence-electron chi connectivity index (χ3n) is 9.31. The average molecular weight is 586 g/mol. The van der Waals surface area contributed by atoms with E-state index >= 15 is 0 Å². The Kier molecular flexibility index (Phi) is 4.77.